The van der Waals surface area contributed by atoms with Crippen molar-refractivity contribution in [1.82, 2.24) is 4.90 Å². The first-order valence-corrected chi connectivity index (χ1v) is 4.13. The topological polar surface area (TPSA) is 55.6 Å². The molecule has 0 aromatic rings. The van der Waals surface area contributed by atoms with Crippen LogP contribution in [0.15, 0.2) is 0 Å². The minimum atomic E-state index is -0.252. The Kier molecular flexibility index (Phi) is 2.28. The van der Waals surface area contributed by atoms with Crippen molar-refractivity contribution in [2.75, 3.05) is 13.1 Å². The fraction of sp³-hybridized carbons (Fsp3) is 0.875. The number of carbonyl (C=O) groups excluding carboxylic acids is 1. The van der Waals surface area contributed by atoms with Crippen LogP contribution in [0, 0.1) is 0 Å². The van der Waals surface area contributed by atoms with Gasteiger partial charge in [0.15, 0.2) is 0 Å². The van der Waals surface area contributed by atoms with E-state index in [1.807, 2.05) is 20.8 Å². The fourth-order valence-electron chi connectivity index (χ4n) is 1.19. The van der Waals surface area contributed by atoms with Gasteiger partial charge in [0.25, 0.3) is 0 Å². The monoisotopic (exact) mass is 172 g/mol. The van der Waals surface area contributed by atoms with Gasteiger partial charge in [-0.1, -0.05) is 0 Å². The van der Waals surface area contributed by atoms with Crippen LogP contribution in [0.1, 0.15) is 20.8 Å². The molecular weight excluding hydrogens is 156 g/mol. The second-order valence-corrected chi connectivity index (χ2v) is 4.02. The fourth-order valence-corrected chi connectivity index (χ4v) is 1.19. The first-order valence-electron chi connectivity index (χ1n) is 4.13. The number of cyclic esters (lactones) is 1. The molecule has 0 bridgehead atoms. The SMILES string of the molecule is CC(C)(C)N1C[C@H](CN)OC1=O. The summed E-state index contributed by atoms with van der Waals surface area (Å²) in [5.74, 6) is 0. The maximum Gasteiger partial charge on any atom is 0.410 e. The van der Waals surface area contributed by atoms with Crippen molar-refractivity contribution in [2.45, 2.75) is 32.4 Å². The van der Waals surface area contributed by atoms with Crippen LogP contribution in [-0.4, -0.2) is 35.7 Å². The molecular formula is C8H16N2O2. The molecule has 4 nitrogen and oxygen atoms in total. The number of nitrogens with zero attached hydrogens (tertiary/aromatic N) is 1. The first kappa shape index (κ1) is 9.32. The summed E-state index contributed by atoms with van der Waals surface area (Å²) in [6.07, 6.45) is -0.380. The highest BCUT2D eigenvalue weighted by Crippen LogP contribution is 2.21. The van der Waals surface area contributed by atoms with Crippen LogP contribution >= 0.6 is 0 Å². The van der Waals surface area contributed by atoms with Crippen molar-refractivity contribution in [3.63, 3.8) is 0 Å². The van der Waals surface area contributed by atoms with Crippen LogP contribution < -0.4 is 5.73 Å². The minimum absolute atomic E-state index is 0.128. The Morgan fingerprint density at radius 1 is 1.67 bits per heavy atom. The van der Waals surface area contributed by atoms with Gasteiger partial charge in [-0.25, -0.2) is 4.79 Å². The third-order valence-corrected chi connectivity index (χ3v) is 1.95. The molecule has 2 N–H and O–H groups in total. The molecule has 0 aromatic heterocycles. The van der Waals surface area contributed by atoms with Gasteiger partial charge in [0.1, 0.15) is 6.10 Å². The van der Waals surface area contributed by atoms with E-state index in [0.29, 0.717) is 13.1 Å². The number of ether oxygens (including phenoxy) is 1. The lowest BCUT2D eigenvalue weighted by molar-refractivity contribution is 0.121. The second-order valence-electron chi connectivity index (χ2n) is 4.02. The lowest BCUT2D eigenvalue weighted by atomic mass is 10.1. The zero-order valence-corrected chi connectivity index (χ0v) is 7.83. The number of hydrogen-bond donors (Lipinski definition) is 1. The van der Waals surface area contributed by atoms with Gasteiger partial charge < -0.3 is 10.5 Å². The highest BCUT2D eigenvalue weighted by molar-refractivity contribution is 5.70. The van der Waals surface area contributed by atoms with Crippen LogP contribution in [0.2, 0.25) is 0 Å². The molecule has 1 rings (SSSR count). The molecule has 0 aromatic carbocycles. The van der Waals surface area contributed by atoms with Gasteiger partial charge in [0, 0.05) is 12.1 Å². The molecule has 0 spiro atoms. The molecule has 1 aliphatic heterocycles. The summed E-state index contributed by atoms with van der Waals surface area (Å²) in [5.41, 5.74) is 5.23. The summed E-state index contributed by atoms with van der Waals surface area (Å²) in [6, 6.07) is 0. The van der Waals surface area contributed by atoms with Crippen molar-refractivity contribution in [3.8, 4) is 0 Å². The largest absolute Gasteiger partial charge is 0.443 e. The van der Waals surface area contributed by atoms with Crippen molar-refractivity contribution in [2.24, 2.45) is 5.73 Å². The van der Waals surface area contributed by atoms with E-state index in [9.17, 15) is 4.79 Å². The van der Waals surface area contributed by atoms with E-state index in [-0.39, 0.29) is 17.7 Å². The molecule has 0 radical (unpaired) electrons. The molecule has 0 aliphatic carbocycles. The molecule has 1 saturated heterocycles. The molecule has 70 valence electrons. The number of amides is 1. The maximum absolute atomic E-state index is 11.2. The predicted octanol–water partition coefficient (Wildman–Crippen LogP) is 0.564. The third kappa shape index (κ3) is 1.69. The number of carbonyl (C=O) groups is 1. The Hall–Kier alpha value is -0.770. The summed E-state index contributed by atoms with van der Waals surface area (Å²) >= 11 is 0. The molecule has 1 atom stereocenters. The van der Waals surface area contributed by atoms with Gasteiger partial charge in [-0.2, -0.15) is 0 Å². The van der Waals surface area contributed by atoms with E-state index in [4.69, 9.17) is 10.5 Å². The standard InChI is InChI=1S/C8H16N2O2/c1-8(2,3)10-5-6(4-9)12-7(10)11/h6H,4-5,9H2,1-3H3/t6-/m0/s1. The lowest BCUT2D eigenvalue weighted by Gasteiger charge is -2.29. The van der Waals surface area contributed by atoms with Crippen molar-refractivity contribution in [1.29, 1.82) is 0 Å². The van der Waals surface area contributed by atoms with E-state index in [1.54, 1.807) is 4.90 Å². The number of rotatable bonds is 1. The maximum atomic E-state index is 11.2. The summed E-state index contributed by atoms with van der Waals surface area (Å²) in [7, 11) is 0. The normalized spacial score (nSPS) is 24.5. The van der Waals surface area contributed by atoms with E-state index < -0.39 is 0 Å². The second kappa shape index (κ2) is 2.94. The summed E-state index contributed by atoms with van der Waals surface area (Å²) in [6.45, 7) is 6.95. The highest BCUT2D eigenvalue weighted by atomic mass is 16.6. The minimum Gasteiger partial charge on any atom is -0.443 e. The molecule has 12 heavy (non-hydrogen) atoms. The van der Waals surface area contributed by atoms with Crippen LogP contribution in [-0.2, 0) is 4.74 Å². The summed E-state index contributed by atoms with van der Waals surface area (Å²) < 4.78 is 5.01. The van der Waals surface area contributed by atoms with E-state index in [1.165, 1.54) is 0 Å². The molecule has 0 saturated carbocycles. The van der Waals surface area contributed by atoms with Crippen molar-refractivity contribution >= 4 is 6.09 Å². The van der Waals surface area contributed by atoms with Crippen LogP contribution in [0.25, 0.3) is 0 Å². The predicted molar refractivity (Wildman–Crippen MR) is 45.8 cm³/mol. The van der Waals surface area contributed by atoms with E-state index in [2.05, 4.69) is 0 Å². The van der Waals surface area contributed by atoms with Crippen LogP contribution in [0.3, 0.4) is 0 Å². The van der Waals surface area contributed by atoms with Gasteiger partial charge in [0.05, 0.1) is 6.54 Å². The Morgan fingerprint density at radius 2 is 2.25 bits per heavy atom. The van der Waals surface area contributed by atoms with Crippen molar-refractivity contribution < 1.29 is 9.53 Å². The molecule has 0 unspecified atom stereocenters. The van der Waals surface area contributed by atoms with Crippen LogP contribution in [0.4, 0.5) is 4.79 Å². The first-order chi connectivity index (χ1) is 5.45. The highest BCUT2D eigenvalue weighted by Gasteiger charge is 2.37. The quantitative estimate of drug-likeness (QED) is 0.629. The Labute approximate surface area is 72.7 Å². The zero-order valence-electron chi connectivity index (χ0n) is 7.83. The van der Waals surface area contributed by atoms with Gasteiger partial charge >= 0.3 is 6.09 Å². The third-order valence-electron chi connectivity index (χ3n) is 1.95. The molecule has 1 amide bonds. The molecule has 1 aliphatic rings. The van der Waals surface area contributed by atoms with E-state index >= 15 is 0 Å². The summed E-state index contributed by atoms with van der Waals surface area (Å²) in [5, 5.41) is 0. The molecule has 1 heterocycles. The average molecular weight is 172 g/mol. The Morgan fingerprint density at radius 3 is 2.50 bits per heavy atom. The van der Waals surface area contributed by atoms with Crippen LogP contribution in [0.5, 0.6) is 0 Å². The van der Waals surface area contributed by atoms with Gasteiger partial charge in [0.2, 0.25) is 0 Å². The van der Waals surface area contributed by atoms with Gasteiger partial charge in [-0.05, 0) is 20.8 Å². The Bertz CT molecular complexity index is 186. The Balaban J connectivity index is 2.64. The van der Waals surface area contributed by atoms with Gasteiger partial charge in [-0.3, -0.25) is 4.90 Å². The molecule has 1 fully saturated rings. The average Bonchev–Trinajstić information content (AvgIpc) is 2.29. The smallest absolute Gasteiger partial charge is 0.410 e. The van der Waals surface area contributed by atoms with Gasteiger partial charge in [-0.15, -0.1) is 0 Å². The molecule has 4 heteroatoms. The number of hydrogen-bond acceptors (Lipinski definition) is 3. The number of nitrogens with two attached hydrogens (primary N) is 1. The summed E-state index contributed by atoms with van der Waals surface area (Å²) in [4.78, 5) is 12.9. The lowest BCUT2D eigenvalue weighted by Crippen LogP contribution is -2.42. The van der Waals surface area contributed by atoms with E-state index in [0.717, 1.165) is 0 Å². The zero-order chi connectivity index (χ0) is 9.35. The van der Waals surface area contributed by atoms with Crippen molar-refractivity contribution in [3.05, 3.63) is 0 Å².